The van der Waals surface area contributed by atoms with Crippen LogP contribution in [-0.2, 0) is 28.3 Å². The van der Waals surface area contributed by atoms with Crippen LogP contribution in [0.1, 0.15) is 51.3 Å². The van der Waals surface area contributed by atoms with Crippen LogP contribution in [0.3, 0.4) is 0 Å². The van der Waals surface area contributed by atoms with Crippen molar-refractivity contribution in [1.29, 1.82) is 0 Å². The summed E-state index contributed by atoms with van der Waals surface area (Å²) in [6.07, 6.45) is 6.29. The fourth-order valence-electron chi connectivity index (χ4n) is 4.38. The van der Waals surface area contributed by atoms with Crippen molar-refractivity contribution in [3.05, 3.63) is 24.0 Å². The van der Waals surface area contributed by atoms with Crippen molar-refractivity contribution in [2.75, 3.05) is 20.1 Å². The summed E-state index contributed by atoms with van der Waals surface area (Å²) in [4.78, 5) is 19.4. The first-order valence-corrected chi connectivity index (χ1v) is 12.4. The summed E-state index contributed by atoms with van der Waals surface area (Å²) < 4.78 is 29.5. The number of fused-ring (bicyclic) bond motifs is 1. The minimum absolute atomic E-state index is 0.134. The number of benzene rings is 1. The molecule has 1 aromatic heterocycles. The van der Waals surface area contributed by atoms with E-state index in [1.807, 2.05) is 29.6 Å². The Labute approximate surface area is 179 Å². The number of piperidine rings is 1. The summed E-state index contributed by atoms with van der Waals surface area (Å²) in [7, 11) is 0.325. The number of hydrogen-bond acceptors (Lipinski definition) is 4. The van der Waals surface area contributed by atoms with E-state index in [1.54, 1.807) is 16.4 Å². The van der Waals surface area contributed by atoms with Gasteiger partial charge in [-0.25, -0.2) is 13.4 Å². The summed E-state index contributed by atoms with van der Waals surface area (Å²) in [5.41, 5.74) is 1.55. The molecule has 0 spiro atoms. The Kier molecular flexibility index (Phi) is 5.90. The Morgan fingerprint density at radius 3 is 2.60 bits per heavy atom. The Hall–Kier alpha value is -1.93. The first-order chi connectivity index (χ1) is 14.3. The van der Waals surface area contributed by atoms with Crippen molar-refractivity contribution in [3.8, 4) is 0 Å². The fraction of sp³-hybridized carbons (Fsp3) is 0.636. The zero-order valence-corrected chi connectivity index (χ0v) is 19.0. The second-order valence-corrected chi connectivity index (χ2v) is 10.7. The van der Waals surface area contributed by atoms with Crippen LogP contribution in [0.2, 0.25) is 0 Å². The van der Waals surface area contributed by atoms with Gasteiger partial charge >= 0.3 is 0 Å². The molecular formula is C22H32N4O3S. The zero-order chi connectivity index (χ0) is 21.5. The van der Waals surface area contributed by atoms with Gasteiger partial charge in [-0.15, -0.1) is 0 Å². The Morgan fingerprint density at radius 2 is 1.93 bits per heavy atom. The predicted octanol–water partition coefficient (Wildman–Crippen LogP) is 2.94. The molecule has 1 saturated carbocycles. The number of rotatable bonds is 7. The third-order valence-corrected chi connectivity index (χ3v) is 8.66. The fourth-order valence-corrected chi connectivity index (χ4v) is 5.92. The highest BCUT2D eigenvalue weighted by molar-refractivity contribution is 7.89. The van der Waals surface area contributed by atoms with E-state index in [4.69, 9.17) is 0 Å². The number of carbonyl (C=O) groups is 1. The van der Waals surface area contributed by atoms with Gasteiger partial charge < -0.3 is 9.47 Å². The number of carbonyl (C=O) groups excluding carboxylic acids is 1. The summed E-state index contributed by atoms with van der Waals surface area (Å²) in [5, 5.41) is 0. The number of aryl methyl sites for hydroxylation is 2. The molecule has 1 atom stereocenters. The van der Waals surface area contributed by atoms with Crippen molar-refractivity contribution in [3.63, 3.8) is 0 Å². The molecule has 2 aliphatic rings. The van der Waals surface area contributed by atoms with Crippen molar-refractivity contribution in [1.82, 2.24) is 18.8 Å². The standard InChI is InChI=1S/C22H32N4O3S/c1-16(17-7-8-17)24(2)22(27)12-11-21-23-19-15-18(9-10-20(19)25(21)3)30(28,29)26-13-5-4-6-14-26/h9-10,15-17H,4-8,11-14H2,1-3H3. The summed E-state index contributed by atoms with van der Waals surface area (Å²) in [6, 6.07) is 5.46. The number of sulfonamides is 1. The molecule has 4 rings (SSSR count). The predicted molar refractivity (Wildman–Crippen MR) is 117 cm³/mol. The molecule has 0 N–H and O–H groups in total. The van der Waals surface area contributed by atoms with Gasteiger partial charge in [-0.1, -0.05) is 6.42 Å². The molecule has 8 heteroatoms. The maximum absolute atomic E-state index is 13.0. The molecule has 1 saturated heterocycles. The maximum Gasteiger partial charge on any atom is 0.243 e. The molecule has 1 aliphatic carbocycles. The minimum Gasteiger partial charge on any atom is -0.343 e. The number of hydrogen-bond donors (Lipinski definition) is 0. The van der Waals surface area contributed by atoms with E-state index in [0.29, 0.717) is 48.3 Å². The summed E-state index contributed by atoms with van der Waals surface area (Å²) >= 11 is 0. The van der Waals surface area contributed by atoms with Crippen molar-refractivity contribution < 1.29 is 13.2 Å². The van der Waals surface area contributed by atoms with E-state index in [1.165, 1.54) is 12.8 Å². The van der Waals surface area contributed by atoms with Crippen LogP contribution >= 0.6 is 0 Å². The number of aromatic nitrogens is 2. The van der Waals surface area contributed by atoms with Crippen LogP contribution in [0.15, 0.2) is 23.1 Å². The van der Waals surface area contributed by atoms with Gasteiger partial charge in [0.2, 0.25) is 15.9 Å². The van der Waals surface area contributed by atoms with Crippen LogP contribution in [0.25, 0.3) is 11.0 Å². The van der Waals surface area contributed by atoms with Crippen LogP contribution in [-0.4, -0.2) is 59.3 Å². The lowest BCUT2D eigenvalue weighted by Gasteiger charge is -2.25. The second-order valence-electron chi connectivity index (χ2n) is 8.78. The summed E-state index contributed by atoms with van der Waals surface area (Å²) in [6.45, 7) is 3.29. The van der Waals surface area contributed by atoms with E-state index in [9.17, 15) is 13.2 Å². The van der Waals surface area contributed by atoms with Gasteiger partial charge in [0.05, 0.1) is 15.9 Å². The number of amides is 1. The van der Waals surface area contributed by atoms with Gasteiger partial charge in [-0.3, -0.25) is 4.79 Å². The van der Waals surface area contributed by atoms with Gasteiger partial charge in [0.25, 0.3) is 0 Å². The normalized spacial score (nSPS) is 19.2. The largest absolute Gasteiger partial charge is 0.343 e. The SMILES string of the molecule is CC(C1CC1)N(C)C(=O)CCc1nc2cc(S(=O)(=O)N3CCCCC3)ccc2n1C. The molecule has 164 valence electrons. The van der Waals surface area contributed by atoms with E-state index in [2.05, 4.69) is 11.9 Å². The molecule has 1 aromatic carbocycles. The van der Waals surface area contributed by atoms with Gasteiger partial charge in [0.15, 0.2) is 0 Å². The van der Waals surface area contributed by atoms with Crippen LogP contribution < -0.4 is 0 Å². The highest BCUT2D eigenvalue weighted by Crippen LogP contribution is 2.35. The smallest absolute Gasteiger partial charge is 0.243 e. The molecule has 1 unspecified atom stereocenters. The molecule has 7 nitrogen and oxygen atoms in total. The number of imidazole rings is 1. The van der Waals surface area contributed by atoms with Crippen LogP contribution in [0, 0.1) is 5.92 Å². The zero-order valence-electron chi connectivity index (χ0n) is 18.2. The molecule has 0 radical (unpaired) electrons. The third-order valence-electron chi connectivity index (χ3n) is 6.77. The molecule has 1 amide bonds. The van der Waals surface area contributed by atoms with E-state index in [0.717, 1.165) is 30.6 Å². The molecule has 30 heavy (non-hydrogen) atoms. The monoisotopic (exact) mass is 432 g/mol. The van der Waals surface area contributed by atoms with Crippen molar-refractivity contribution >= 4 is 27.0 Å². The van der Waals surface area contributed by atoms with E-state index in [-0.39, 0.29) is 5.91 Å². The van der Waals surface area contributed by atoms with Gasteiger partial charge in [-0.2, -0.15) is 4.31 Å². The van der Waals surface area contributed by atoms with Crippen molar-refractivity contribution in [2.45, 2.75) is 62.8 Å². The third kappa shape index (κ3) is 4.12. The second kappa shape index (κ2) is 8.30. The molecule has 2 heterocycles. The average molecular weight is 433 g/mol. The van der Waals surface area contributed by atoms with Crippen molar-refractivity contribution in [2.24, 2.45) is 13.0 Å². The molecule has 2 aromatic rings. The van der Waals surface area contributed by atoms with E-state index >= 15 is 0 Å². The molecular weight excluding hydrogens is 400 g/mol. The minimum atomic E-state index is -3.48. The molecule has 1 aliphatic heterocycles. The number of nitrogens with zero attached hydrogens (tertiary/aromatic N) is 4. The average Bonchev–Trinajstić information content (AvgIpc) is 3.56. The van der Waals surface area contributed by atoms with Gasteiger partial charge in [0.1, 0.15) is 5.82 Å². The van der Waals surface area contributed by atoms with Crippen LogP contribution in [0.5, 0.6) is 0 Å². The van der Waals surface area contributed by atoms with Gasteiger partial charge in [0, 0.05) is 46.1 Å². The lowest BCUT2D eigenvalue weighted by Crippen LogP contribution is -2.36. The van der Waals surface area contributed by atoms with Gasteiger partial charge in [-0.05, 0) is 56.7 Å². The topological polar surface area (TPSA) is 75.5 Å². The lowest BCUT2D eigenvalue weighted by atomic mass is 10.1. The Balaban J connectivity index is 1.50. The highest BCUT2D eigenvalue weighted by atomic mass is 32.2. The lowest BCUT2D eigenvalue weighted by molar-refractivity contribution is -0.132. The highest BCUT2D eigenvalue weighted by Gasteiger charge is 2.32. The van der Waals surface area contributed by atoms with Crippen LogP contribution in [0.4, 0.5) is 0 Å². The molecule has 2 fully saturated rings. The maximum atomic E-state index is 13.0. The first kappa shape index (κ1) is 21.3. The Morgan fingerprint density at radius 1 is 1.23 bits per heavy atom. The van der Waals surface area contributed by atoms with E-state index < -0.39 is 10.0 Å². The first-order valence-electron chi connectivity index (χ1n) is 11.0. The quantitative estimate of drug-likeness (QED) is 0.674. The summed E-state index contributed by atoms with van der Waals surface area (Å²) in [5.74, 6) is 1.59. The molecule has 0 bridgehead atoms. The Bertz CT molecular complexity index is 1040.